The minimum atomic E-state index is 0.122. The highest BCUT2D eigenvalue weighted by Gasteiger charge is 2.06. The smallest absolute Gasteiger partial charge is 0.121 e. The number of ether oxygens (including phenoxy) is 1. The molecule has 1 rings (SSSR count). The van der Waals surface area contributed by atoms with Crippen molar-refractivity contribution in [1.29, 1.82) is 0 Å². The first-order chi connectivity index (χ1) is 9.17. The van der Waals surface area contributed by atoms with Crippen molar-refractivity contribution in [3.05, 3.63) is 24.3 Å². The molecule has 0 saturated heterocycles. The molecule has 0 amide bonds. The zero-order valence-corrected chi connectivity index (χ0v) is 12.2. The summed E-state index contributed by atoms with van der Waals surface area (Å²) in [4.78, 5) is 2.05. The molecule has 0 aliphatic carbocycles. The summed E-state index contributed by atoms with van der Waals surface area (Å²) in [6.07, 6.45) is 1.88. The molecule has 1 aromatic rings. The lowest BCUT2D eigenvalue weighted by Gasteiger charge is -2.17. The minimum Gasteiger partial charge on any atom is -0.493 e. The minimum absolute atomic E-state index is 0.122. The number of benzene rings is 1. The van der Waals surface area contributed by atoms with Gasteiger partial charge < -0.3 is 20.1 Å². The standard InChI is InChI=1S/C15H26N2O2/c1-4-9-16-13(12-18)8-10-19-15-7-5-6-14(11-15)17(2)3/h5-7,11,13,16,18H,4,8-10,12H2,1-3H3. The summed E-state index contributed by atoms with van der Waals surface area (Å²) < 4.78 is 5.73. The van der Waals surface area contributed by atoms with Gasteiger partial charge in [-0.15, -0.1) is 0 Å². The van der Waals surface area contributed by atoms with Crippen LogP contribution in [0.3, 0.4) is 0 Å². The van der Waals surface area contributed by atoms with E-state index in [-0.39, 0.29) is 12.6 Å². The average molecular weight is 266 g/mol. The molecule has 2 N–H and O–H groups in total. The van der Waals surface area contributed by atoms with Crippen LogP contribution in [-0.4, -0.2) is 45.0 Å². The van der Waals surface area contributed by atoms with Gasteiger partial charge in [0.2, 0.25) is 0 Å². The van der Waals surface area contributed by atoms with E-state index in [0.717, 1.165) is 30.8 Å². The van der Waals surface area contributed by atoms with Gasteiger partial charge in [0.25, 0.3) is 0 Å². The molecule has 0 fully saturated rings. The Kier molecular flexibility index (Phi) is 7.30. The fourth-order valence-electron chi connectivity index (χ4n) is 1.78. The molecular formula is C15H26N2O2. The summed E-state index contributed by atoms with van der Waals surface area (Å²) in [5, 5.41) is 12.5. The van der Waals surface area contributed by atoms with Crippen LogP contribution in [0.25, 0.3) is 0 Å². The lowest BCUT2D eigenvalue weighted by molar-refractivity contribution is 0.209. The molecule has 4 heteroatoms. The SMILES string of the molecule is CCCNC(CO)CCOc1cccc(N(C)C)c1. The first-order valence-corrected chi connectivity index (χ1v) is 6.91. The van der Waals surface area contributed by atoms with Crippen molar-refractivity contribution in [3.63, 3.8) is 0 Å². The Morgan fingerprint density at radius 3 is 2.79 bits per heavy atom. The van der Waals surface area contributed by atoms with E-state index in [1.54, 1.807) is 0 Å². The zero-order chi connectivity index (χ0) is 14.1. The third-order valence-electron chi connectivity index (χ3n) is 2.97. The van der Waals surface area contributed by atoms with Crippen LogP contribution in [-0.2, 0) is 0 Å². The molecular weight excluding hydrogens is 240 g/mol. The van der Waals surface area contributed by atoms with Crippen molar-refractivity contribution >= 4 is 5.69 Å². The van der Waals surface area contributed by atoms with E-state index in [1.165, 1.54) is 0 Å². The monoisotopic (exact) mass is 266 g/mol. The number of hydrogen-bond acceptors (Lipinski definition) is 4. The molecule has 0 bridgehead atoms. The van der Waals surface area contributed by atoms with Crippen LogP contribution in [0.1, 0.15) is 19.8 Å². The fourth-order valence-corrected chi connectivity index (χ4v) is 1.78. The maximum Gasteiger partial charge on any atom is 0.121 e. The summed E-state index contributed by atoms with van der Waals surface area (Å²) in [7, 11) is 4.02. The topological polar surface area (TPSA) is 44.7 Å². The highest BCUT2D eigenvalue weighted by molar-refractivity contribution is 5.49. The Balaban J connectivity index is 2.37. The quantitative estimate of drug-likeness (QED) is 0.716. The molecule has 1 aromatic carbocycles. The molecule has 108 valence electrons. The van der Waals surface area contributed by atoms with E-state index in [1.807, 2.05) is 43.3 Å². The van der Waals surface area contributed by atoms with Crippen LogP contribution in [0.2, 0.25) is 0 Å². The van der Waals surface area contributed by atoms with Crippen LogP contribution in [0, 0.1) is 0 Å². The third-order valence-corrected chi connectivity index (χ3v) is 2.97. The maximum absolute atomic E-state index is 9.24. The van der Waals surface area contributed by atoms with Crippen molar-refractivity contribution < 1.29 is 9.84 Å². The Morgan fingerprint density at radius 1 is 1.37 bits per heavy atom. The van der Waals surface area contributed by atoms with Crippen molar-refractivity contribution in [1.82, 2.24) is 5.32 Å². The molecule has 0 radical (unpaired) electrons. The Labute approximate surface area is 116 Å². The van der Waals surface area contributed by atoms with Crippen molar-refractivity contribution in [3.8, 4) is 5.75 Å². The van der Waals surface area contributed by atoms with E-state index in [2.05, 4.69) is 12.2 Å². The second-order valence-electron chi connectivity index (χ2n) is 4.86. The summed E-state index contributed by atoms with van der Waals surface area (Å²) in [5.74, 6) is 0.874. The predicted octanol–water partition coefficient (Wildman–Crippen LogP) is 1.88. The summed E-state index contributed by atoms with van der Waals surface area (Å²) in [6, 6.07) is 8.14. The Hall–Kier alpha value is -1.26. The Morgan fingerprint density at radius 2 is 2.16 bits per heavy atom. The predicted molar refractivity (Wildman–Crippen MR) is 80.0 cm³/mol. The first-order valence-electron chi connectivity index (χ1n) is 6.91. The molecule has 1 unspecified atom stereocenters. The van der Waals surface area contributed by atoms with E-state index in [9.17, 15) is 5.11 Å². The van der Waals surface area contributed by atoms with Gasteiger partial charge in [-0.2, -0.15) is 0 Å². The Bertz CT molecular complexity index is 356. The second kappa shape index (κ2) is 8.77. The van der Waals surface area contributed by atoms with E-state index in [0.29, 0.717) is 6.61 Å². The fraction of sp³-hybridized carbons (Fsp3) is 0.600. The lowest BCUT2D eigenvalue weighted by Crippen LogP contribution is -2.34. The number of rotatable bonds is 9. The normalized spacial score (nSPS) is 12.2. The molecule has 0 spiro atoms. The molecule has 0 heterocycles. The molecule has 0 aromatic heterocycles. The number of aliphatic hydroxyl groups is 1. The third kappa shape index (κ3) is 5.94. The van der Waals surface area contributed by atoms with Crippen LogP contribution < -0.4 is 15.0 Å². The van der Waals surface area contributed by atoms with Gasteiger partial charge in [-0.1, -0.05) is 13.0 Å². The number of hydrogen-bond donors (Lipinski definition) is 2. The van der Waals surface area contributed by atoms with Crippen molar-refractivity contribution in [2.24, 2.45) is 0 Å². The van der Waals surface area contributed by atoms with Gasteiger partial charge in [0.1, 0.15) is 5.75 Å². The second-order valence-corrected chi connectivity index (χ2v) is 4.86. The molecule has 19 heavy (non-hydrogen) atoms. The van der Waals surface area contributed by atoms with E-state index < -0.39 is 0 Å². The van der Waals surface area contributed by atoms with Crippen LogP contribution >= 0.6 is 0 Å². The zero-order valence-electron chi connectivity index (χ0n) is 12.2. The van der Waals surface area contributed by atoms with Gasteiger partial charge in [-0.3, -0.25) is 0 Å². The summed E-state index contributed by atoms with van der Waals surface area (Å²) >= 11 is 0. The molecule has 4 nitrogen and oxygen atoms in total. The molecule has 1 atom stereocenters. The number of nitrogens with one attached hydrogen (secondary N) is 1. The maximum atomic E-state index is 9.24. The van der Waals surface area contributed by atoms with Crippen molar-refractivity contribution in [2.75, 3.05) is 38.8 Å². The van der Waals surface area contributed by atoms with Gasteiger partial charge in [-0.05, 0) is 31.5 Å². The molecule has 0 saturated carbocycles. The number of aliphatic hydroxyl groups excluding tert-OH is 1. The summed E-state index contributed by atoms with van der Waals surface area (Å²) in [5.41, 5.74) is 1.13. The van der Waals surface area contributed by atoms with Gasteiger partial charge in [-0.25, -0.2) is 0 Å². The largest absolute Gasteiger partial charge is 0.493 e. The number of anilines is 1. The van der Waals surface area contributed by atoms with Gasteiger partial charge in [0.05, 0.1) is 13.2 Å². The van der Waals surface area contributed by atoms with Gasteiger partial charge in [0.15, 0.2) is 0 Å². The van der Waals surface area contributed by atoms with Gasteiger partial charge >= 0.3 is 0 Å². The van der Waals surface area contributed by atoms with Crippen LogP contribution in [0.15, 0.2) is 24.3 Å². The first kappa shape index (κ1) is 15.8. The number of nitrogens with zero attached hydrogens (tertiary/aromatic N) is 1. The van der Waals surface area contributed by atoms with Crippen LogP contribution in [0.4, 0.5) is 5.69 Å². The van der Waals surface area contributed by atoms with Crippen LogP contribution in [0.5, 0.6) is 5.75 Å². The van der Waals surface area contributed by atoms with E-state index >= 15 is 0 Å². The highest BCUT2D eigenvalue weighted by Crippen LogP contribution is 2.19. The average Bonchev–Trinajstić information content (AvgIpc) is 2.43. The summed E-state index contributed by atoms with van der Waals surface area (Å²) in [6.45, 7) is 3.81. The van der Waals surface area contributed by atoms with Gasteiger partial charge in [0, 0.05) is 31.9 Å². The van der Waals surface area contributed by atoms with E-state index in [4.69, 9.17) is 4.74 Å². The molecule has 0 aliphatic rings. The van der Waals surface area contributed by atoms with Crippen molar-refractivity contribution in [2.45, 2.75) is 25.8 Å². The highest BCUT2D eigenvalue weighted by atomic mass is 16.5. The lowest BCUT2D eigenvalue weighted by atomic mass is 10.2. The molecule has 0 aliphatic heterocycles.